The molecule has 0 bridgehead atoms. The van der Waals surface area contributed by atoms with E-state index < -0.39 is 32.1 Å². The first-order valence-electron chi connectivity index (χ1n) is 6.41. The summed E-state index contributed by atoms with van der Waals surface area (Å²) in [7, 11) is -3.99. The third kappa shape index (κ3) is 3.81. The fourth-order valence-electron chi connectivity index (χ4n) is 2.43. The molecular formula is C13H15BrFNO4S. The Labute approximate surface area is 130 Å². The summed E-state index contributed by atoms with van der Waals surface area (Å²) in [5.41, 5.74) is -0.551. The molecule has 21 heavy (non-hydrogen) atoms. The van der Waals surface area contributed by atoms with Crippen LogP contribution in [0.3, 0.4) is 0 Å². The summed E-state index contributed by atoms with van der Waals surface area (Å²) in [6, 6.07) is 3.69. The van der Waals surface area contributed by atoms with Crippen molar-refractivity contribution in [1.29, 1.82) is 0 Å². The molecule has 1 aromatic rings. The number of hydrogen-bond acceptors (Lipinski definition) is 3. The van der Waals surface area contributed by atoms with Crippen LogP contribution in [0.1, 0.15) is 25.7 Å². The highest BCUT2D eigenvalue weighted by atomic mass is 79.9. The Kier molecular flexibility index (Phi) is 4.69. The monoisotopic (exact) mass is 379 g/mol. The van der Waals surface area contributed by atoms with Gasteiger partial charge in [0.2, 0.25) is 10.0 Å². The lowest BCUT2D eigenvalue weighted by Crippen LogP contribution is -2.43. The molecule has 0 atom stereocenters. The smallest absolute Gasteiger partial charge is 0.303 e. The summed E-state index contributed by atoms with van der Waals surface area (Å²) in [5.74, 6) is -1.80. The standard InChI is InChI=1S/C13H15BrFNO4S/c14-9-2-3-11(10(15)6-9)21(19,20)16-8-13(4-1-5-13)7-12(17)18/h2-3,6,16H,1,4-5,7-8H2,(H,17,18). The average molecular weight is 380 g/mol. The molecule has 8 heteroatoms. The molecular weight excluding hydrogens is 365 g/mol. The number of carboxylic acids is 1. The maximum Gasteiger partial charge on any atom is 0.303 e. The maximum atomic E-state index is 13.7. The number of benzene rings is 1. The third-order valence-corrected chi connectivity index (χ3v) is 5.69. The zero-order chi connectivity index (χ0) is 15.7. The molecule has 1 aliphatic rings. The summed E-state index contributed by atoms with van der Waals surface area (Å²) in [4.78, 5) is 10.4. The second-order valence-corrected chi connectivity index (χ2v) is 7.97. The van der Waals surface area contributed by atoms with E-state index in [0.717, 1.165) is 12.5 Å². The molecule has 0 saturated heterocycles. The van der Waals surface area contributed by atoms with Gasteiger partial charge in [0, 0.05) is 11.0 Å². The molecule has 0 spiro atoms. The number of sulfonamides is 1. The van der Waals surface area contributed by atoms with Crippen LogP contribution in [-0.4, -0.2) is 26.0 Å². The van der Waals surface area contributed by atoms with Crippen LogP contribution in [0, 0.1) is 11.2 Å². The molecule has 116 valence electrons. The van der Waals surface area contributed by atoms with Crippen LogP contribution in [0.15, 0.2) is 27.6 Å². The zero-order valence-corrected chi connectivity index (χ0v) is 13.5. The molecule has 0 aromatic heterocycles. The molecule has 0 amide bonds. The minimum atomic E-state index is -3.99. The van der Waals surface area contributed by atoms with Crippen molar-refractivity contribution in [2.24, 2.45) is 5.41 Å². The lowest BCUT2D eigenvalue weighted by atomic mass is 9.67. The van der Waals surface area contributed by atoms with Crippen LogP contribution in [0.4, 0.5) is 4.39 Å². The van der Waals surface area contributed by atoms with Crippen LogP contribution >= 0.6 is 15.9 Å². The first kappa shape index (κ1) is 16.4. The predicted octanol–water partition coefficient (Wildman–Crippen LogP) is 2.51. The van der Waals surface area contributed by atoms with E-state index in [9.17, 15) is 17.6 Å². The fourth-order valence-corrected chi connectivity index (χ4v) is 3.98. The average Bonchev–Trinajstić information content (AvgIpc) is 2.31. The van der Waals surface area contributed by atoms with E-state index in [1.807, 2.05) is 0 Å². The summed E-state index contributed by atoms with van der Waals surface area (Å²) >= 11 is 3.06. The Morgan fingerprint density at radius 3 is 2.57 bits per heavy atom. The molecule has 0 radical (unpaired) electrons. The molecule has 5 nitrogen and oxygen atoms in total. The van der Waals surface area contributed by atoms with E-state index in [-0.39, 0.29) is 13.0 Å². The van der Waals surface area contributed by atoms with Crippen molar-refractivity contribution in [3.8, 4) is 0 Å². The van der Waals surface area contributed by atoms with E-state index >= 15 is 0 Å². The fraction of sp³-hybridized carbons (Fsp3) is 0.462. The number of halogens is 2. The highest BCUT2D eigenvalue weighted by Crippen LogP contribution is 2.43. The van der Waals surface area contributed by atoms with Gasteiger partial charge in [0.25, 0.3) is 0 Å². The highest BCUT2D eigenvalue weighted by Gasteiger charge is 2.40. The van der Waals surface area contributed by atoms with Gasteiger partial charge in [-0.2, -0.15) is 0 Å². The molecule has 1 fully saturated rings. The number of hydrogen-bond donors (Lipinski definition) is 2. The Morgan fingerprint density at radius 1 is 1.43 bits per heavy atom. The molecule has 2 rings (SSSR count). The van der Waals surface area contributed by atoms with Crippen molar-refractivity contribution in [2.75, 3.05) is 6.54 Å². The summed E-state index contributed by atoms with van der Waals surface area (Å²) in [6.45, 7) is 0.0110. The Balaban J connectivity index is 2.12. The van der Waals surface area contributed by atoms with Crippen LogP contribution in [0.5, 0.6) is 0 Å². The molecule has 0 unspecified atom stereocenters. The van der Waals surface area contributed by atoms with Crippen molar-refractivity contribution < 1.29 is 22.7 Å². The third-order valence-electron chi connectivity index (χ3n) is 3.76. The second kappa shape index (κ2) is 6.02. The van der Waals surface area contributed by atoms with E-state index in [1.165, 1.54) is 12.1 Å². The predicted molar refractivity (Wildman–Crippen MR) is 77.8 cm³/mol. The van der Waals surface area contributed by atoms with Gasteiger partial charge in [-0.15, -0.1) is 0 Å². The summed E-state index contributed by atoms with van der Waals surface area (Å²) in [6.07, 6.45) is 2.11. The SMILES string of the molecule is O=C(O)CC1(CNS(=O)(=O)c2ccc(Br)cc2F)CCC1. The molecule has 0 aliphatic heterocycles. The van der Waals surface area contributed by atoms with Crippen molar-refractivity contribution in [2.45, 2.75) is 30.6 Å². The van der Waals surface area contributed by atoms with Gasteiger partial charge in [-0.1, -0.05) is 22.4 Å². The Morgan fingerprint density at radius 2 is 2.10 bits per heavy atom. The molecule has 1 aliphatic carbocycles. The van der Waals surface area contributed by atoms with E-state index in [0.29, 0.717) is 17.3 Å². The van der Waals surface area contributed by atoms with E-state index in [4.69, 9.17) is 5.11 Å². The van der Waals surface area contributed by atoms with Gasteiger partial charge in [-0.25, -0.2) is 17.5 Å². The maximum absolute atomic E-state index is 13.7. The van der Waals surface area contributed by atoms with E-state index in [1.54, 1.807) is 0 Å². The van der Waals surface area contributed by atoms with Gasteiger partial charge in [0.15, 0.2) is 0 Å². The molecule has 1 saturated carbocycles. The van der Waals surface area contributed by atoms with Crippen molar-refractivity contribution in [3.05, 3.63) is 28.5 Å². The minimum absolute atomic E-state index is 0.0110. The van der Waals surface area contributed by atoms with E-state index in [2.05, 4.69) is 20.7 Å². The number of aliphatic carboxylic acids is 1. The van der Waals surface area contributed by atoms with Crippen LogP contribution in [-0.2, 0) is 14.8 Å². The number of rotatable bonds is 6. The van der Waals surface area contributed by atoms with Crippen LogP contribution in [0.25, 0.3) is 0 Å². The Bertz CT molecular complexity index is 658. The lowest BCUT2D eigenvalue weighted by molar-refractivity contribution is -0.141. The summed E-state index contributed by atoms with van der Waals surface area (Å²) < 4.78 is 40.8. The summed E-state index contributed by atoms with van der Waals surface area (Å²) in [5, 5.41) is 8.89. The Hall–Kier alpha value is -0.990. The largest absolute Gasteiger partial charge is 0.481 e. The van der Waals surface area contributed by atoms with Crippen molar-refractivity contribution in [1.82, 2.24) is 4.72 Å². The number of carboxylic acid groups (broad SMARTS) is 1. The minimum Gasteiger partial charge on any atom is -0.481 e. The first-order valence-corrected chi connectivity index (χ1v) is 8.68. The lowest BCUT2D eigenvalue weighted by Gasteiger charge is -2.40. The van der Waals surface area contributed by atoms with Gasteiger partial charge >= 0.3 is 5.97 Å². The van der Waals surface area contributed by atoms with Gasteiger partial charge < -0.3 is 5.11 Å². The first-order chi connectivity index (χ1) is 9.74. The molecule has 2 N–H and O–H groups in total. The normalized spacial score (nSPS) is 17.2. The number of nitrogens with one attached hydrogen (secondary N) is 1. The van der Waals surface area contributed by atoms with Crippen molar-refractivity contribution in [3.63, 3.8) is 0 Å². The molecule has 0 heterocycles. The van der Waals surface area contributed by atoms with Crippen LogP contribution in [0.2, 0.25) is 0 Å². The number of carbonyl (C=O) groups is 1. The van der Waals surface area contributed by atoms with Gasteiger partial charge in [0.1, 0.15) is 10.7 Å². The van der Waals surface area contributed by atoms with Crippen LogP contribution < -0.4 is 4.72 Å². The second-order valence-electron chi connectivity index (χ2n) is 5.32. The van der Waals surface area contributed by atoms with Crippen molar-refractivity contribution >= 4 is 31.9 Å². The quantitative estimate of drug-likeness (QED) is 0.795. The molecule has 1 aromatic carbocycles. The zero-order valence-electron chi connectivity index (χ0n) is 11.1. The van der Waals surface area contributed by atoms with Gasteiger partial charge in [0.05, 0.1) is 6.42 Å². The van der Waals surface area contributed by atoms with Gasteiger partial charge in [-0.05, 0) is 36.5 Å². The van der Waals surface area contributed by atoms with Gasteiger partial charge in [-0.3, -0.25) is 4.79 Å². The topological polar surface area (TPSA) is 83.5 Å². The highest BCUT2D eigenvalue weighted by molar-refractivity contribution is 9.10.